The topological polar surface area (TPSA) is 58.6 Å². The first-order chi connectivity index (χ1) is 9.96. The average Bonchev–Trinajstić information content (AvgIpc) is 2.46. The molecule has 5 nitrogen and oxygen atoms in total. The van der Waals surface area contributed by atoms with Crippen LogP contribution in [0.1, 0.15) is 24.5 Å². The SMILES string of the molecule is CCN(CCC(=O)OC)CC(=O)Nc1ccc(C)c(C)c1. The molecule has 0 aliphatic rings. The van der Waals surface area contributed by atoms with Crippen molar-refractivity contribution in [2.75, 3.05) is 32.1 Å². The Hall–Kier alpha value is -1.88. The molecular formula is C16H24N2O3. The van der Waals surface area contributed by atoms with Crippen LogP contribution in [-0.2, 0) is 14.3 Å². The smallest absolute Gasteiger partial charge is 0.306 e. The molecule has 0 radical (unpaired) electrons. The summed E-state index contributed by atoms with van der Waals surface area (Å²) in [5.74, 6) is -0.340. The molecule has 0 aliphatic carbocycles. The average molecular weight is 292 g/mol. The molecule has 1 aromatic rings. The lowest BCUT2D eigenvalue weighted by Gasteiger charge is -2.19. The van der Waals surface area contributed by atoms with Crippen molar-refractivity contribution in [3.63, 3.8) is 0 Å². The number of likely N-dealkylation sites (N-methyl/N-ethyl adjacent to an activating group) is 1. The van der Waals surface area contributed by atoms with Gasteiger partial charge >= 0.3 is 5.97 Å². The van der Waals surface area contributed by atoms with Gasteiger partial charge in [-0.2, -0.15) is 0 Å². The Kier molecular flexibility index (Phi) is 6.88. The third-order valence-corrected chi connectivity index (χ3v) is 3.46. The van der Waals surface area contributed by atoms with Crippen molar-refractivity contribution in [1.82, 2.24) is 4.90 Å². The van der Waals surface area contributed by atoms with Crippen LogP contribution in [0.2, 0.25) is 0 Å². The highest BCUT2D eigenvalue weighted by Gasteiger charge is 2.11. The van der Waals surface area contributed by atoms with Crippen LogP contribution in [-0.4, -0.2) is 43.5 Å². The number of carbonyl (C=O) groups excluding carboxylic acids is 2. The summed E-state index contributed by atoms with van der Waals surface area (Å²) in [6.45, 7) is 7.49. The predicted molar refractivity (Wildman–Crippen MR) is 83.3 cm³/mol. The van der Waals surface area contributed by atoms with E-state index in [1.807, 2.05) is 43.9 Å². The molecule has 0 saturated heterocycles. The van der Waals surface area contributed by atoms with Gasteiger partial charge < -0.3 is 10.1 Å². The molecule has 1 aromatic carbocycles. The van der Waals surface area contributed by atoms with Gasteiger partial charge in [0.05, 0.1) is 20.1 Å². The minimum atomic E-state index is -0.261. The van der Waals surface area contributed by atoms with Crippen LogP contribution in [0, 0.1) is 13.8 Å². The molecule has 21 heavy (non-hydrogen) atoms. The Morgan fingerprint density at radius 1 is 1.24 bits per heavy atom. The molecule has 0 spiro atoms. The van der Waals surface area contributed by atoms with E-state index >= 15 is 0 Å². The van der Waals surface area contributed by atoms with Gasteiger partial charge in [-0.1, -0.05) is 13.0 Å². The van der Waals surface area contributed by atoms with Crippen LogP contribution in [0.3, 0.4) is 0 Å². The molecule has 0 fully saturated rings. The number of rotatable bonds is 7. The van der Waals surface area contributed by atoms with Crippen LogP contribution in [0.4, 0.5) is 5.69 Å². The van der Waals surface area contributed by atoms with Gasteiger partial charge in [-0.05, 0) is 43.7 Å². The van der Waals surface area contributed by atoms with Gasteiger partial charge in [-0.15, -0.1) is 0 Å². The zero-order valence-electron chi connectivity index (χ0n) is 13.2. The van der Waals surface area contributed by atoms with Crippen molar-refractivity contribution >= 4 is 17.6 Å². The van der Waals surface area contributed by atoms with Gasteiger partial charge in [0.2, 0.25) is 5.91 Å². The number of amides is 1. The van der Waals surface area contributed by atoms with Crippen molar-refractivity contribution in [3.05, 3.63) is 29.3 Å². The van der Waals surface area contributed by atoms with Crippen LogP contribution in [0.15, 0.2) is 18.2 Å². The summed E-state index contributed by atoms with van der Waals surface area (Å²) in [5, 5.41) is 2.88. The second kappa shape index (κ2) is 8.42. The van der Waals surface area contributed by atoms with E-state index < -0.39 is 0 Å². The molecule has 0 unspecified atom stereocenters. The van der Waals surface area contributed by atoms with Gasteiger partial charge in [0.25, 0.3) is 0 Å². The van der Waals surface area contributed by atoms with Crippen molar-refractivity contribution in [1.29, 1.82) is 0 Å². The van der Waals surface area contributed by atoms with Crippen LogP contribution < -0.4 is 5.32 Å². The molecule has 1 rings (SSSR count). The molecule has 0 heterocycles. The number of carbonyl (C=O) groups is 2. The monoisotopic (exact) mass is 292 g/mol. The molecule has 0 aromatic heterocycles. The lowest BCUT2D eigenvalue weighted by atomic mass is 10.1. The van der Waals surface area contributed by atoms with Crippen LogP contribution in [0.5, 0.6) is 0 Å². The van der Waals surface area contributed by atoms with E-state index in [4.69, 9.17) is 0 Å². The number of nitrogens with one attached hydrogen (secondary N) is 1. The van der Waals surface area contributed by atoms with E-state index in [0.717, 1.165) is 11.3 Å². The maximum Gasteiger partial charge on any atom is 0.306 e. The number of hydrogen-bond donors (Lipinski definition) is 1. The van der Waals surface area contributed by atoms with Crippen molar-refractivity contribution in [3.8, 4) is 0 Å². The first-order valence-corrected chi connectivity index (χ1v) is 7.12. The molecule has 1 amide bonds. The molecule has 0 saturated carbocycles. The summed E-state index contributed by atoms with van der Waals surface area (Å²) in [7, 11) is 1.37. The number of nitrogens with zero attached hydrogens (tertiary/aromatic N) is 1. The number of aryl methyl sites for hydroxylation is 2. The molecule has 0 atom stereocenters. The maximum atomic E-state index is 12.0. The fourth-order valence-electron chi connectivity index (χ4n) is 1.92. The maximum absolute atomic E-state index is 12.0. The summed E-state index contributed by atoms with van der Waals surface area (Å²) in [5.41, 5.74) is 3.14. The van der Waals surface area contributed by atoms with Crippen molar-refractivity contribution in [2.45, 2.75) is 27.2 Å². The molecule has 0 bridgehead atoms. The number of esters is 1. The minimum absolute atomic E-state index is 0.0787. The van der Waals surface area contributed by atoms with E-state index in [2.05, 4.69) is 10.1 Å². The Morgan fingerprint density at radius 3 is 2.52 bits per heavy atom. The Balaban J connectivity index is 2.50. The fraction of sp³-hybridized carbons (Fsp3) is 0.500. The molecule has 116 valence electrons. The lowest BCUT2D eigenvalue weighted by Crippen LogP contribution is -2.34. The van der Waals surface area contributed by atoms with Gasteiger partial charge in [0, 0.05) is 12.2 Å². The van der Waals surface area contributed by atoms with E-state index in [1.165, 1.54) is 12.7 Å². The lowest BCUT2D eigenvalue weighted by molar-refractivity contribution is -0.141. The zero-order valence-corrected chi connectivity index (χ0v) is 13.2. The van der Waals surface area contributed by atoms with Gasteiger partial charge in [0.15, 0.2) is 0 Å². The van der Waals surface area contributed by atoms with E-state index in [-0.39, 0.29) is 18.4 Å². The molecular weight excluding hydrogens is 268 g/mol. The summed E-state index contributed by atoms with van der Waals surface area (Å²) < 4.78 is 4.60. The van der Waals surface area contributed by atoms with E-state index in [0.29, 0.717) is 19.5 Å². The summed E-state index contributed by atoms with van der Waals surface area (Å²) >= 11 is 0. The normalized spacial score (nSPS) is 10.5. The Morgan fingerprint density at radius 2 is 1.95 bits per heavy atom. The molecule has 1 N–H and O–H groups in total. The predicted octanol–water partition coefficient (Wildman–Crippen LogP) is 2.13. The zero-order chi connectivity index (χ0) is 15.8. The highest BCUT2D eigenvalue weighted by molar-refractivity contribution is 5.92. The van der Waals surface area contributed by atoms with Crippen LogP contribution >= 0.6 is 0 Å². The van der Waals surface area contributed by atoms with Gasteiger partial charge in [-0.25, -0.2) is 0 Å². The summed E-state index contributed by atoms with van der Waals surface area (Å²) in [4.78, 5) is 25.1. The Labute approximate surface area is 126 Å². The van der Waals surface area contributed by atoms with Crippen LogP contribution in [0.25, 0.3) is 0 Å². The second-order valence-electron chi connectivity index (χ2n) is 5.04. The van der Waals surface area contributed by atoms with E-state index in [1.54, 1.807) is 0 Å². The Bertz CT molecular complexity index is 500. The number of anilines is 1. The highest BCUT2D eigenvalue weighted by Crippen LogP contribution is 2.14. The highest BCUT2D eigenvalue weighted by atomic mass is 16.5. The second-order valence-corrected chi connectivity index (χ2v) is 5.04. The minimum Gasteiger partial charge on any atom is -0.469 e. The van der Waals surface area contributed by atoms with Crippen molar-refractivity contribution in [2.24, 2.45) is 0 Å². The first-order valence-electron chi connectivity index (χ1n) is 7.12. The number of methoxy groups -OCH3 is 1. The number of hydrogen-bond acceptors (Lipinski definition) is 4. The quantitative estimate of drug-likeness (QED) is 0.782. The van der Waals surface area contributed by atoms with Gasteiger partial charge in [0.1, 0.15) is 0 Å². The molecule has 5 heteroatoms. The summed E-state index contributed by atoms with van der Waals surface area (Å²) in [6, 6.07) is 5.84. The molecule has 0 aliphatic heterocycles. The third kappa shape index (κ3) is 5.95. The standard InChI is InChI=1S/C16H24N2O3/c1-5-18(9-8-16(20)21-4)11-15(19)17-14-7-6-12(2)13(3)10-14/h6-7,10H,5,8-9,11H2,1-4H3,(H,17,19). The summed E-state index contributed by atoms with van der Waals surface area (Å²) in [6.07, 6.45) is 0.293. The number of benzene rings is 1. The largest absolute Gasteiger partial charge is 0.469 e. The van der Waals surface area contributed by atoms with E-state index in [9.17, 15) is 9.59 Å². The number of ether oxygens (including phenoxy) is 1. The van der Waals surface area contributed by atoms with Crippen molar-refractivity contribution < 1.29 is 14.3 Å². The fourth-order valence-corrected chi connectivity index (χ4v) is 1.92. The van der Waals surface area contributed by atoms with Gasteiger partial charge in [-0.3, -0.25) is 14.5 Å². The first kappa shape index (κ1) is 17.2. The third-order valence-electron chi connectivity index (χ3n) is 3.46.